The standard InChI is InChI=1S/C28H35F6N3O4/c1-4-19-7-8-21(22(17-19)35-13-9-20(10-14-35)23(38)39)18-37(6-3)26(5-2)11-15-36(16-12-26)25(40)41-24(27(29,30)31)28(32,33)34/h1,7-8,17,20,24H,5-6,9-16,18H2,2-3H3,(H,38,39). The SMILES string of the molecule is C#Cc1ccc(CN(CC)C2(CC)CCN(C(=O)OC(C(F)(F)F)C(F)(F)F)CC2)c(N2CCC(C(=O)O)CC2)c1. The zero-order chi connectivity index (χ0) is 30.6. The van der Waals surface area contributed by atoms with Crippen LogP contribution in [0.1, 0.15) is 57.1 Å². The summed E-state index contributed by atoms with van der Waals surface area (Å²) < 4.78 is 81.2. The first-order chi connectivity index (χ1) is 19.1. The average molecular weight is 592 g/mol. The summed E-state index contributed by atoms with van der Waals surface area (Å²) >= 11 is 0. The third-order valence-corrected chi connectivity index (χ3v) is 8.27. The van der Waals surface area contributed by atoms with Gasteiger partial charge in [-0.2, -0.15) is 26.3 Å². The van der Waals surface area contributed by atoms with E-state index in [0.29, 0.717) is 63.8 Å². The number of halogens is 6. The molecule has 2 heterocycles. The van der Waals surface area contributed by atoms with Crippen LogP contribution in [0.2, 0.25) is 0 Å². The van der Waals surface area contributed by atoms with Gasteiger partial charge in [-0.1, -0.05) is 25.8 Å². The van der Waals surface area contributed by atoms with Gasteiger partial charge >= 0.3 is 24.4 Å². The average Bonchev–Trinajstić information content (AvgIpc) is 2.93. The fourth-order valence-corrected chi connectivity index (χ4v) is 5.76. The lowest BCUT2D eigenvalue weighted by Crippen LogP contribution is -2.56. The highest BCUT2D eigenvalue weighted by molar-refractivity contribution is 5.71. The van der Waals surface area contributed by atoms with Gasteiger partial charge in [-0.05, 0) is 56.3 Å². The summed E-state index contributed by atoms with van der Waals surface area (Å²) in [5.41, 5.74) is 2.09. The smallest absolute Gasteiger partial charge is 0.434 e. The Hall–Kier alpha value is -3.14. The number of nitrogens with zero attached hydrogens (tertiary/aromatic N) is 3. The second-order valence-corrected chi connectivity index (χ2v) is 10.5. The summed E-state index contributed by atoms with van der Waals surface area (Å²) in [6, 6.07) is 5.66. The number of terminal acetylenes is 1. The molecule has 0 aromatic heterocycles. The molecule has 0 radical (unpaired) electrons. The van der Waals surface area contributed by atoms with Gasteiger partial charge in [-0.3, -0.25) is 9.69 Å². The van der Waals surface area contributed by atoms with Gasteiger partial charge < -0.3 is 19.6 Å². The highest BCUT2D eigenvalue weighted by atomic mass is 19.4. The van der Waals surface area contributed by atoms with Crippen LogP contribution in [0.5, 0.6) is 0 Å². The fourth-order valence-electron chi connectivity index (χ4n) is 5.76. The van der Waals surface area contributed by atoms with Gasteiger partial charge in [0.25, 0.3) is 6.10 Å². The molecule has 2 saturated heterocycles. The zero-order valence-corrected chi connectivity index (χ0v) is 23.0. The molecule has 3 rings (SSSR count). The predicted octanol–water partition coefficient (Wildman–Crippen LogP) is 5.67. The van der Waals surface area contributed by atoms with Crippen molar-refractivity contribution in [1.82, 2.24) is 9.80 Å². The Bertz CT molecular complexity index is 1100. The molecule has 7 nitrogen and oxygen atoms in total. The van der Waals surface area contributed by atoms with E-state index in [1.807, 2.05) is 32.0 Å². The number of alkyl halides is 6. The number of hydrogen-bond donors (Lipinski definition) is 1. The summed E-state index contributed by atoms with van der Waals surface area (Å²) in [6.07, 6.45) is -9.43. The lowest BCUT2D eigenvalue weighted by molar-refractivity contribution is -0.308. The minimum absolute atomic E-state index is 0.0583. The van der Waals surface area contributed by atoms with E-state index < -0.39 is 42.0 Å². The van der Waals surface area contributed by atoms with Crippen LogP contribution >= 0.6 is 0 Å². The van der Waals surface area contributed by atoms with Crippen LogP contribution in [0.4, 0.5) is 36.8 Å². The number of carboxylic acids is 1. The van der Waals surface area contributed by atoms with E-state index in [1.54, 1.807) is 0 Å². The highest BCUT2D eigenvalue weighted by Gasteiger charge is 2.60. The lowest BCUT2D eigenvalue weighted by atomic mass is 9.82. The van der Waals surface area contributed by atoms with E-state index in [0.717, 1.165) is 16.2 Å². The lowest BCUT2D eigenvalue weighted by Gasteiger charge is -2.48. The Morgan fingerprint density at radius 1 is 1.10 bits per heavy atom. The molecule has 0 bridgehead atoms. The van der Waals surface area contributed by atoms with Crippen molar-refractivity contribution in [2.45, 2.75) is 76.5 Å². The summed E-state index contributed by atoms with van der Waals surface area (Å²) in [4.78, 5) is 29.0. The number of carboxylic acid groups (broad SMARTS) is 1. The number of piperidine rings is 2. The van der Waals surface area contributed by atoms with E-state index in [-0.39, 0.29) is 13.1 Å². The molecular weight excluding hydrogens is 556 g/mol. The molecule has 13 heteroatoms. The van der Waals surface area contributed by atoms with Crippen LogP contribution in [-0.2, 0) is 16.1 Å². The number of carbonyl (C=O) groups is 2. The normalized spacial score (nSPS) is 18.5. The van der Waals surface area contributed by atoms with Gasteiger partial charge in [-0.15, -0.1) is 6.42 Å². The Morgan fingerprint density at radius 3 is 2.15 bits per heavy atom. The molecule has 1 N–H and O–H groups in total. The largest absolute Gasteiger partial charge is 0.481 e. The van der Waals surface area contributed by atoms with Gasteiger partial charge in [0.15, 0.2) is 0 Å². The van der Waals surface area contributed by atoms with Crippen molar-refractivity contribution in [3.63, 3.8) is 0 Å². The summed E-state index contributed by atoms with van der Waals surface area (Å²) in [6.45, 7) is 5.99. The van der Waals surface area contributed by atoms with Crippen molar-refractivity contribution in [2.24, 2.45) is 5.92 Å². The van der Waals surface area contributed by atoms with Gasteiger partial charge in [0, 0.05) is 49.5 Å². The summed E-state index contributed by atoms with van der Waals surface area (Å²) in [5.74, 6) is 1.42. The number of ether oxygens (including phenoxy) is 1. The zero-order valence-electron chi connectivity index (χ0n) is 23.0. The molecule has 41 heavy (non-hydrogen) atoms. The van der Waals surface area contributed by atoms with Crippen LogP contribution in [0.3, 0.4) is 0 Å². The molecule has 1 amide bonds. The Balaban J connectivity index is 1.76. The Labute approximate surface area is 235 Å². The van der Waals surface area contributed by atoms with Crippen molar-refractivity contribution in [1.29, 1.82) is 0 Å². The number of benzene rings is 1. The molecule has 2 aliphatic heterocycles. The molecule has 0 aliphatic carbocycles. The molecule has 2 fully saturated rings. The quantitative estimate of drug-likeness (QED) is 0.311. The number of anilines is 1. The minimum atomic E-state index is -5.77. The van der Waals surface area contributed by atoms with E-state index >= 15 is 0 Å². The maximum Gasteiger partial charge on any atom is 0.434 e. The van der Waals surface area contributed by atoms with Gasteiger partial charge in [0.1, 0.15) is 0 Å². The maximum absolute atomic E-state index is 12.9. The molecule has 228 valence electrons. The Morgan fingerprint density at radius 2 is 1.68 bits per heavy atom. The number of carbonyl (C=O) groups excluding carboxylic acids is 1. The number of amides is 1. The predicted molar refractivity (Wildman–Crippen MR) is 139 cm³/mol. The van der Waals surface area contributed by atoms with E-state index in [1.165, 1.54) is 0 Å². The topological polar surface area (TPSA) is 73.3 Å². The van der Waals surface area contributed by atoms with Crippen molar-refractivity contribution in [3.8, 4) is 12.3 Å². The molecular formula is C28H35F6N3O4. The third-order valence-electron chi connectivity index (χ3n) is 8.27. The Kier molecular flexibility index (Phi) is 10.1. The molecule has 1 aromatic carbocycles. The van der Waals surface area contributed by atoms with Crippen LogP contribution in [0.25, 0.3) is 0 Å². The van der Waals surface area contributed by atoms with Crippen molar-refractivity contribution in [3.05, 3.63) is 29.3 Å². The molecule has 0 unspecified atom stereocenters. The van der Waals surface area contributed by atoms with Crippen molar-refractivity contribution >= 4 is 17.7 Å². The fraction of sp³-hybridized carbons (Fsp3) is 0.643. The first-order valence-corrected chi connectivity index (χ1v) is 13.6. The van der Waals surface area contributed by atoms with Gasteiger partial charge in [-0.25, -0.2) is 4.79 Å². The second-order valence-electron chi connectivity index (χ2n) is 10.5. The number of aliphatic carboxylic acids is 1. The molecule has 2 aliphatic rings. The van der Waals surface area contributed by atoms with Crippen molar-refractivity contribution in [2.75, 3.05) is 37.6 Å². The number of hydrogen-bond acceptors (Lipinski definition) is 5. The van der Waals surface area contributed by atoms with Crippen LogP contribution in [0, 0.1) is 18.3 Å². The van der Waals surface area contributed by atoms with Crippen LogP contribution in [-0.4, -0.2) is 83.7 Å². The number of likely N-dealkylation sites (tertiary alicyclic amines) is 1. The van der Waals surface area contributed by atoms with E-state index in [2.05, 4.69) is 20.5 Å². The molecule has 0 atom stereocenters. The third kappa shape index (κ3) is 7.58. The van der Waals surface area contributed by atoms with Gasteiger partial charge in [0.2, 0.25) is 0 Å². The first-order valence-electron chi connectivity index (χ1n) is 13.6. The monoisotopic (exact) mass is 591 g/mol. The first kappa shape index (κ1) is 32.4. The number of rotatable bonds is 8. The molecule has 0 spiro atoms. The van der Waals surface area contributed by atoms with Crippen LogP contribution in [0.15, 0.2) is 18.2 Å². The summed E-state index contributed by atoms with van der Waals surface area (Å²) in [7, 11) is 0. The highest BCUT2D eigenvalue weighted by Crippen LogP contribution is 2.38. The second kappa shape index (κ2) is 12.8. The van der Waals surface area contributed by atoms with E-state index in [9.17, 15) is 41.0 Å². The van der Waals surface area contributed by atoms with Gasteiger partial charge in [0.05, 0.1) is 5.92 Å². The minimum Gasteiger partial charge on any atom is -0.481 e. The maximum atomic E-state index is 12.9. The summed E-state index contributed by atoms with van der Waals surface area (Å²) in [5, 5.41) is 9.37. The molecule has 0 saturated carbocycles. The van der Waals surface area contributed by atoms with E-state index in [4.69, 9.17) is 6.42 Å². The van der Waals surface area contributed by atoms with Crippen LogP contribution < -0.4 is 4.90 Å². The molecule has 1 aromatic rings. The van der Waals surface area contributed by atoms with Crippen molar-refractivity contribution < 1.29 is 45.8 Å².